The summed E-state index contributed by atoms with van der Waals surface area (Å²) in [5, 5.41) is 14.1. The zero-order chi connectivity index (χ0) is 16.3. The van der Waals surface area contributed by atoms with Crippen LogP contribution in [0.2, 0.25) is 5.15 Å². The number of carboxylic acids is 1. The van der Waals surface area contributed by atoms with Crippen LogP contribution in [0.4, 0.5) is 0 Å². The van der Waals surface area contributed by atoms with Crippen LogP contribution in [-0.2, 0) is 11.3 Å². The largest absolute Gasteiger partial charge is 0.481 e. The Morgan fingerprint density at radius 3 is 2.86 bits per heavy atom. The maximum Gasteiger partial charge on any atom is 0.303 e. The van der Waals surface area contributed by atoms with Crippen molar-refractivity contribution < 1.29 is 9.90 Å². The number of aromatic nitrogens is 2. The van der Waals surface area contributed by atoms with E-state index in [0.717, 1.165) is 48.9 Å². The summed E-state index contributed by atoms with van der Waals surface area (Å²) in [4.78, 5) is 13.0. The summed E-state index contributed by atoms with van der Waals surface area (Å²) in [6.07, 6.45) is 3.11. The molecule has 1 atom stereocenters. The van der Waals surface area contributed by atoms with Gasteiger partial charge in [-0.2, -0.15) is 5.10 Å². The van der Waals surface area contributed by atoms with E-state index in [9.17, 15) is 4.79 Å². The molecule has 5 nitrogen and oxygen atoms in total. The first-order valence-electron chi connectivity index (χ1n) is 8.08. The van der Waals surface area contributed by atoms with Crippen molar-refractivity contribution in [1.82, 2.24) is 14.7 Å². The Morgan fingerprint density at radius 1 is 1.50 bits per heavy atom. The molecule has 0 amide bonds. The van der Waals surface area contributed by atoms with E-state index in [4.69, 9.17) is 16.7 Å². The minimum Gasteiger partial charge on any atom is -0.481 e. The first-order chi connectivity index (χ1) is 10.4. The Morgan fingerprint density at radius 2 is 2.23 bits per heavy atom. The Bertz CT molecular complexity index is 528. The first kappa shape index (κ1) is 17.3. The van der Waals surface area contributed by atoms with Gasteiger partial charge in [-0.05, 0) is 45.2 Å². The van der Waals surface area contributed by atoms with Crippen molar-refractivity contribution in [1.29, 1.82) is 0 Å². The molecular weight excluding hydrogens is 302 g/mol. The SMILES string of the molecule is Cc1nn(CC(C)C)c(Cl)c1C1CCCN1CCCC(=O)O. The van der Waals surface area contributed by atoms with Gasteiger partial charge in [-0.1, -0.05) is 25.4 Å². The number of nitrogens with zero attached hydrogens (tertiary/aromatic N) is 3. The van der Waals surface area contributed by atoms with Crippen LogP contribution in [0.25, 0.3) is 0 Å². The molecule has 0 saturated carbocycles. The zero-order valence-electron chi connectivity index (χ0n) is 13.7. The van der Waals surface area contributed by atoms with Gasteiger partial charge < -0.3 is 5.11 Å². The number of hydrogen-bond acceptors (Lipinski definition) is 3. The van der Waals surface area contributed by atoms with E-state index in [-0.39, 0.29) is 12.5 Å². The van der Waals surface area contributed by atoms with Crippen molar-refractivity contribution >= 4 is 17.6 Å². The third-order valence-electron chi connectivity index (χ3n) is 4.18. The van der Waals surface area contributed by atoms with E-state index in [1.54, 1.807) is 0 Å². The minimum absolute atomic E-state index is 0.225. The molecule has 0 radical (unpaired) electrons. The highest BCUT2D eigenvalue weighted by atomic mass is 35.5. The molecule has 124 valence electrons. The standard InChI is InChI=1S/C16H26ClN3O2/c1-11(2)10-20-16(17)15(12(3)18-20)13-6-4-8-19(13)9-5-7-14(21)22/h11,13H,4-10H2,1-3H3,(H,21,22). The average molecular weight is 328 g/mol. The summed E-state index contributed by atoms with van der Waals surface area (Å²) >= 11 is 6.58. The molecule has 1 aliphatic rings. The quantitative estimate of drug-likeness (QED) is 0.832. The van der Waals surface area contributed by atoms with E-state index < -0.39 is 5.97 Å². The molecule has 1 aliphatic heterocycles. The monoisotopic (exact) mass is 327 g/mol. The van der Waals surface area contributed by atoms with Crippen molar-refractivity contribution in [3.63, 3.8) is 0 Å². The van der Waals surface area contributed by atoms with Crippen molar-refractivity contribution in [3.05, 3.63) is 16.4 Å². The normalized spacial score (nSPS) is 19.2. The molecule has 1 aromatic rings. The molecule has 1 saturated heterocycles. The van der Waals surface area contributed by atoms with Crippen molar-refractivity contribution in [2.75, 3.05) is 13.1 Å². The van der Waals surface area contributed by atoms with Gasteiger partial charge in [-0.3, -0.25) is 14.4 Å². The number of rotatable bonds is 7. The summed E-state index contributed by atoms with van der Waals surface area (Å²) in [5.41, 5.74) is 2.14. The molecular formula is C16H26ClN3O2. The molecule has 1 aromatic heterocycles. The Balaban J connectivity index is 2.12. The number of carbonyl (C=O) groups is 1. The fraction of sp³-hybridized carbons (Fsp3) is 0.750. The van der Waals surface area contributed by atoms with Gasteiger partial charge in [0.1, 0.15) is 5.15 Å². The first-order valence-corrected chi connectivity index (χ1v) is 8.46. The van der Waals surface area contributed by atoms with E-state index >= 15 is 0 Å². The molecule has 22 heavy (non-hydrogen) atoms. The number of hydrogen-bond donors (Lipinski definition) is 1. The lowest BCUT2D eigenvalue weighted by Gasteiger charge is -2.24. The summed E-state index contributed by atoms with van der Waals surface area (Å²) < 4.78 is 1.91. The summed E-state index contributed by atoms with van der Waals surface area (Å²) in [7, 11) is 0. The lowest BCUT2D eigenvalue weighted by molar-refractivity contribution is -0.137. The lowest BCUT2D eigenvalue weighted by atomic mass is 10.1. The molecule has 0 aromatic carbocycles. The summed E-state index contributed by atoms with van der Waals surface area (Å²) in [6, 6.07) is 0.280. The fourth-order valence-electron chi connectivity index (χ4n) is 3.27. The van der Waals surface area contributed by atoms with Gasteiger partial charge in [0.25, 0.3) is 0 Å². The molecule has 2 heterocycles. The van der Waals surface area contributed by atoms with Crippen molar-refractivity contribution in [2.24, 2.45) is 5.92 Å². The number of likely N-dealkylation sites (tertiary alicyclic amines) is 1. The van der Waals surface area contributed by atoms with Gasteiger partial charge in [-0.15, -0.1) is 0 Å². The molecule has 1 fully saturated rings. The molecule has 1 unspecified atom stereocenters. The van der Waals surface area contributed by atoms with Crippen molar-refractivity contribution in [2.45, 2.75) is 59.0 Å². The van der Waals surface area contributed by atoms with Crippen LogP contribution < -0.4 is 0 Å². The third-order valence-corrected chi connectivity index (χ3v) is 4.58. The van der Waals surface area contributed by atoms with E-state index in [2.05, 4.69) is 23.8 Å². The van der Waals surface area contributed by atoms with E-state index in [1.165, 1.54) is 0 Å². The van der Waals surface area contributed by atoms with Gasteiger partial charge in [0.15, 0.2) is 0 Å². The van der Waals surface area contributed by atoms with Gasteiger partial charge in [0.2, 0.25) is 0 Å². The van der Waals surface area contributed by atoms with E-state index in [0.29, 0.717) is 12.3 Å². The predicted molar refractivity (Wildman–Crippen MR) is 87.2 cm³/mol. The fourth-order valence-corrected chi connectivity index (χ4v) is 3.64. The highest BCUT2D eigenvalue weighted by Gasteiger charge is 2.31. The summed E-state index contributed by atoms with van der Waals surface area (Å²) in [6.45, 7) is 8.97. The second-order valence-electron chi connectivity index (χ2n) is 6.56. The average Bonchev–Trinajstić information content (AvgIpc) is 2.94. The highest BCUT2D eigenvalue weighted by molar-refractivity contribution is 6.30. The topological polar surface area (TPSA) is 58.4 Å². The number of aryl methyl sites for hydroxylation is 1. The Labute approximate surface area is 137 Å². The predicted octanol–water partition coefficient (Wildman–Crippen LogP) is 3.50. The Hall–Kier alpha value is -1.07. The lowest BCUT2D eigenvalue weighted by Crippen LogP contribution is -2.25. The van der Waals surface area contributed by atoms with Crippen LogP contribution in [-0.4, -0.2) is 38.8 Å². The van der Waals surface area contributed by atoms with Crippen LogP contribution in [0.15, 0.2) is 0 Å². The smallest absolute Gasteiger partial charge is 0.303 e. The minimum atomic E-state index is -0.727. The number of aliphatic carboxylic acids is 1. The molecule has 0 spiro atoms. The second-order valence-corrected chi connectivity index (χ2v) is 6.92. The number of halogens is 1. The van der Waals surface area contributed by atoms with Gasteiger partial charge in [0, 0.05) is 24.6 Å². The second kappa shape index (κ2) is 7.47. The highest BCUT2D eigenvalue weighted by Crippen LogP contribution is 2.38. The number of carboxylic acid groups (broad SMARTS) is 1. The molecule has 0 bridgehead atoms. The molecule has 1 N–H and O–H groups in total. The van der Waals surface area contributed by atoms with Gasteiger partial charge in [0.05, 0.1) is 5.69 Å². The van der Waals surface area contributed by atoms with Crippen LogP contribution in [0, 0.1) is 12.8 Å². The summed E-state index contributed by atoms with van der Waals surface area (Å²) in [5.74, 6) is -0.227. The molecule has 6 heteroatoms. The third kappa shape index (κ3) is 4.02. The maximum atomic E-state index is 10.7. The van der Waals surface area contributed by atoms with Crippen LogP contribution in [0.5, 0.6) is 0 Å². The zero-order valence-corrected chi connectivity index (χ0v) is 14.4. The van der Waals surface area contributed by atoms with Gasteiger partial charge in [-0.25, -0.2) is 0 Å². The molecule has 2 rings (SSSR count). The van der Waals surface area contributed by atoms with Crippen molar-refractivity contribution in [3.8, 4) is 0 Å². The van der Waals surface area contributed by atoms with Crippen LogP contribution in [0.1, 0.15) is 56.8 Å². The Kier molecular flexibility index (Phi) is 5.87. The van der Waals surface area contributed by atoms with E-state index in [1.807, 2.05) is 11.6 Å². The molecule has 0 aliphatic carbocycles. The van der Waals surface area contributed by atoms with Crippen LogP contribution in [0.3, 0.4) is 0 Å². The van der Waals surface area contributed by atoms with Gasteiger partial charge >= 0.3 is 5.97 Å². The maximum absolute atomic E-state index is 10.7. The van der Waals surface area contributed by atoms with Crippen LogP contribution >= 0.6 is 11.6 Å².